The van der Waals surface area contributed by atoms with E-state index in [0.29, 0.717) is 36.3 Å². The predicted molar refractivity (Wildman–Crippen MR) is 140 cm³/mol. The van der Waals surface area contributed by atoms with Gasteiger partial charge in [0.2, 0.25) is 5.69 Å². The first-order chi connectivity index (χ1) is 16.3. The summed E-state index contributed by atoms with van der Waals surface area (Å²) >= 11 is 0. The highest BCUT2D eigenvalue weighted by atomic mass is 32.2. The number of sulfone groups is 1. The molecule has 0 amide bonds. The minimum atomic E-state index is -4.07. The van der Waals surface area contributed by atoms with E-state index in [9.17, 15) is 21.4 Å². The molecule has 0 atom stereocenters. The molecule has 0 fully saturated rings. The number of nitrogens with zero attached hydrogens (tertiary/aromatic N) is 1. The quantitative estimate of drug-likeness (QED) is 0.352. The third-order valence-corrected chi connectivity index (χ3v) is 9.57. The molecular formula is C26H36NO6S2+. The third kappa shape index (κ3) is 5.95. The van der Waals surface area contributed by atoms with Crippen LogP contribution in [0.5, 0.6) is 5.75 Å². The van der Waals surface area contributed by atoms with Crippen molar-refractivity contribution in [2.75, 3.05) is 25.2 Å². The number of benzene rings is 1. The van der Waals surface area contributed by atoms with E-state index in [1.807, 2.05) is 37.3 Å². The molecule has 0 unspecified atom stereocenters. The molecule has 1 aromatic carbocycles. The van der Waals surface area contributed by atoms with E-state index >= 15 is 0 Å². The van der Waals surface area contributed by atoms with E-state index in [0.717, 1.165) is 34.7 Å². The number of allylic oxidation sites excluding steroid dienone is 4. The zero-order valence-electron chi connectivity index (χ0n) is 21.0. The summed E-state index contributed by atoms with van der Waals surface area (Å²) in [6.07, 6.45) is 6.80. The van der Waals surface area contributed by atoms with Crippen molar-refractivity contribution in [3.8, 4) is 5.75 Å². The van der Waals surface area contributed by atoms with Gasteiger partial charge in [0.05, 0.1) is 28.9 Å². The maximum atomic E-state index is 13.0. The van der Waals surface area contributed by atoms with Crippen molar-refractivity contribution in [1.82, 2.24) is 0 Å². The van der Waals surface area contributed by atoms with Gasteiger partial charge in [-0.05, 0) is 62.8 Å². The first-order valence-corrected chi connectivity index (χ1v) is 15.2. The smallest absolute Gasteiger partial charge is 0.265 e. The summed E-state index contributed by atoms with van der Waals surface area (Å²) in [5, 5.41) is 0. The highest BCUT2D eigenvalue weighted by Crippen LogP contribution is 2.42. The SMILES string of the molecule is C=C1CCCC(/C=C/C2=[N+](CCCS(=O)(=O)O)c3ccc(OC)cc3C2(C)C)=C1S(=O)(=O)CCC. The second kappa shape index (κ2) is 10.4. The second-order valence-corrected chi connectivity index (χ2v) is 13.3. The Balaban J connectivity index is 2.12. The van der Waals surface area contributed by atoms with Crippen molar-refractivity contribution in [2.45, 2.75) is 58.3 Å². The normalized spacial score (nSPS) is 18.5. The van der Waals surface area contributed by atoms with Gasteiger partial charge in [0, 0.05) is 24.1 Å². The van der Waals surface area contributed by atoms with Crippen LogP contribution in [-0.4, -0.2) is 56.8 Å². The van der Waals surface area contributed by atoms with E-state index < -0.39 is 25.4 Å². The molecular weight excluding hydrogens is 486 g/mol. The molecule has 0 saturated carbocycles. The van der Waals surface area contributed by atoms with Gasteiger partial charge in [-0.2, -0.15) is 13.0 Å². The van der Waals surface area contributed by atoms with Gasteiger partial charge < -0.3 is 4.74 Å². The van der Waals surface area contributed by atoms with Crippen molar-refractivity contribution in [2.24, 2.45) is 0 Å². The molecule has 0 saturated heterocycles. The van der Waals surface area contributed by atoms with Gasteiger partial charge in [-0.3, -0.25) is 4.55 Å². The van der Waals surface area contributed by atoms with E-state index in [4.69, 9.17) is 4.74 Å². The fourth-order valence-corrected chi connectivity index (χ4v) is 7.35. The number of hydrogen-bond acceptors (Lipinski definition) is 5. The number of ether oxygens (including phenoxy) is 1. The van der Waals surface area contributed by atoms with E-state index in [1.54, 1.807) is 7.11 Å². The standard InChI is InChI=1S/C26H35NO6S2/c1-6-16-34(28,29)25-19(2)9-7-10-20(25)11-14-24-26(3,4)22-18-21(33-5)12-13-23(22)27(24)15-8-17-35(30,31)32/h11-14,18H,2,6-10,15-17H2,1,3-5H3/p+1/b14-11+. The van der Waals surface area contributed by atoms with Crippen molar-refractivity contribution in [1.29, 1.82) is 0 Å². The Morgan fingerprint density at radius 1 is 1.14 bits per heavy atom. The number of hydrogen-bond donors (Lipinski definition) is 1. The molecule has 9 heteroatoms. The lowest BCUT2D eigenvalue weighted by Crippen LogP contribution is -2.28. The molecule has 3 rings (SSSR count). The zero-order valence-corrected chi connectivity index (χ0v) is 22.6. The topological polar surface area (TPSA) is 101 Å². The first-order valence-electron chi connectivity index (χ1n) is 11.9. The Labute approximate surface area is 209 Å². The van der Waals surface area contributed by atoms with Crippen LogP contribution in [0.25, 0.3) is 0 Å². The van der Waals surface area contributed by atoms with Crippen LogP contribution in [0.2, 0.25) is 0 Å². The molecule has 1 N–H and O–H groups in total. The van der Waals surface area contributed by atoms with Crippen molar-refractivity contribution >= 4 is 31.4 Å². The van der Waals surface area contributed by atoms with Crippen LogP contribution in [0.3, 0.4) is 0 Å². The summed E-state index contributed by atoms with van der Waals surface area (Å²) in [5.74, 6) is 0.476. The minimum absolute atomic E-state index is 0.0910. The van der Waals surface area contributed by atoms with Crippen LogP contribution in [0.4, 0.5) is 5.69 Å². The summed E-state index contributed by atoms with van der Waals surface area (Å²) in [4.78, 5) is 0.371. The molecule has 1 aliphatic carbocycles. The fraction of sp³-hybridized carbons (Fsp3) is 0.500. The Hall–Kier alpha value is -2.23. The van der Waals surface area contributed by atoms with Crippen LogP contribution in [-0.2, 0) is 25.4 Å². The largest absolute Gasteiger partial charge is 0.497 e. The van der Waals surface area contributed by atoms with Gasteiger partial charge in [-0.15, -0.1) is 0 Å². The van der Waals surface area contributed by atoms with Gasteiger partial charge >= 0.3 is 0 Å². The molecule has 0 spiro atoms. The van der Waals surface area contributed by atoms with Crippen LogP contribution < -0.4 is 4.74 Å². The Morgan fingerprint density at radius 2 is 1.86 bits per heavy atom. The first kappa shape index (κ1) is 27.4. The molecule has 7 nitrogen and oxygen atoms in total. The van der Waals surface area contributed by atoms with Crippen LogP contribution in [0.1, 0.15) is 58.4 Å². The van der Waals surface area contributed by atoms with Crippen molar-refractivity contribution in [3.63, 3.8) is 0 Å². The Kier molecular flexibility index (Phi) is 8.13. The average Bonchev–Trinajstić information content (AvgIpc) is 2.96. The number of rotatable bonds is 10. The molecule has 192 valence electrons. The minimum Gasteiger partial charge on any atom is -0.497 e. The summed E-state index contributed by atoms with van der Waals surface area (Å²) in [6, 6.07) is 5.79. The summed E-state index contributed by atoms with van der Waals surface area (Å²) < 4.78 is 65.4. The lowest BCUT2D eigenvalue weighted by atomic mass is 9.81. The molecule has 0 radical (unpaired) electrons. The number of fused-ring (bicyclic) bond motifs is 1. The van der Waals surface area contributed by atoms with E-state index in [2.05, 4.69) is 25.0 Å². The molecule has 1 aromatic rings. The van der Waals surface area contributed by atoms with Crippen LogP contribution >= 0.6 is 0 Å². The zero-order chi connectivity index (χ0) is 26.0. The maximum absolute atomic E-state index is 13.0. The lowest BCUT2D eigenvalue weighted by Gasteiger charge is -2.21. The van der Waals surface area contributed by atoms with E-state index in [-0.39, 0.29) is 17.9 Å². The third-order valence-electron chi connectivity index (χ3n) is 6.65. The van der Waals surface area contributed by atoms with Crippen LogP contribution in [0.15, 0.2) is 53.0 Å². The molecule has 35 heavy (non-hydrogen) atoms. The Morgan fingerprint density at radius 3 is 2.49 bits per heavy atom. The van der Waals surface area contributed by atoms with Gasteiger partial charge in [0.15, 0.2) is 15.5 Å². The molecule has 1 aliphatic heterocycles. The summed E-state index contributed by atoms with van der Waals surface area (Å²) in [5.41, 5.74) is 3.89. The van der Waals surface area contributed by atoms with E-state index in [1.165, 1.54) is 0 Å². The molecule has 2 aliphatic rings. The highest BCUT2D eigenvalue weighted by molar-refractivity contribution is 7.95. The van der Waals surface area contributed by atoms with Gasteiger partial charge in [0.1, 0.15) is 12.3 Å². The van der Waals surface area contributed by atoms with Gasteiger partial charge in [-0.25, -0.2) is 8.42 Å². The maximum Gasteiger partial charge on any atom is 0.265 e. The predicted octanol–water partition coefficient (Wildman–Crippen LogP) is 4.72. The second-order valence-electron chi connectivity index (χ2n) is 9.65. The molecule has 0 bridgehead atoms. The van der Waals surface area contributed by atoms with Gasteiger partial charge in [0.25, 0.3) is 10.1 Å². The van der Waals surface area contributed by atoms with Crippen LogP contribution in [0, 0.1) is 0 Å². The van der Waals surface area contributed by atoms with Gasteiger partial charge in [-0.1, -0.05) is 19.6 Å². The summed E-state index contributed by atoms with van der Waals surface area (Å²) in [6.45, 7) is 10.4. The van der Waals surface area contributed by atoms with Crippen molar-refractivity contribution < 1.29 is 30.7 Å². The van der Waals surface area contributed by atoms with Crippen molar-refractivity contribution in [3.05, 3.63) is 58.5 Å². The number of methoxy groups -OCH3 is 1. The highest BCUT2D eigenvalue weighted by Gasteiger charge is 2.44. The fourth-order valence-electron chi connectivity index (χ4n) is 5.00. The molecule has 1 heterocycles. The molecule has 0 aromatic heterocycles. The lowest BCUT2D eigenvalue weighted by molar-refractivity contribution is -0.437. The Bertz CT molecular complexity index is 1320. The summed E-state index contributed by atoms with van der Waals surface area (Å²) in [7, 11) is -5.88. The average molecular weight is 523 g/mol. The monoisotopic (exact) mass is 522 g/mol.